The average Bonchev–Trinajstić information content (AvgIpc) is 2.73. The minimum Gasteiger partial charge on any atom is -0.494 e. The number of alkyl halides is 3. The van der Waals surface area contributed by atoms with Crippen molar-refractivity contribution in [2.75, 3.05) is 43.5 Å². The number of ether oxygens (including phenoxy) is 1. The fraction of sp³-hybridized carbons (Fsp3) is 0.300. The molecule has 0 aromatic heterocycles. The Morgan fingerprint density at radius 3 is 2.03 bits per heavy atom. The Hall–Kier alpha value is -2.65. The lowest BCUT2D eigenvalue weighted by molar-refractivity contribution is -0.185. The molecule has 1 aliphatic rings. The summed E-state index contributed by atoms with van der Waals surface area (Å²) in [5.74, 6) is -1.95. The molecule has 0 aliphatic carbocycles. The summed E-state index contributed by atoms with van der Waals surface area (Å²) in [7, 11) is 1.42. The third-order valence-corrected chi connectivity index (χ3v) is 5.33. The van der Waals surface area contributed by atoms with Gasteiger partial charge in [-0.2, -0.15) is 13.2 Å². The summed E-state index contributed by atoms with van der Waals surface area (Å²) in [6.07, 6.45) is -4.86. The van der Waals surface area contributed by atoms with Crippen LogP contribution in [0.3, 0.4) is 0 Å². The smallest absolute Gasteiger partial charge is 0.471 e. The number of rotatable bonds is 4. The fourth-order valence-corrected chi connectivity index (χ4v) is 3.83. The maximum atomic E-state index is 12.5. The standard InChI is InChI=1S/C20H18Cl2F3N3O3/c1-31-17-15(21)10-12(11-16(17)22)18(29)26-13-2-4-14(5-3-13)27-6-8-28(9-7-27)19(30)20(23,24)25/h2-5,10-11H,6-9H2,1H3,(H,26,29). The van der Waals surface area contributed by atoms with Gasteiger partial charge in [-0.3, -0.25) is 9.59 Å². The van der Waals surface area contributed by atoms with E-state index in [1.807, 2.05) is 4.90 Å². The van der Waals surface area contributed by atoms with Gasteiger partial charge in [-0.1, -0.05) is 23.2 Å². The lowest BCUT2D eigenvalue weighted by Crippen LogP contribution is -2.52. The zero-order valence-corrected chi connectivity index (χ0v) is 17.8. The maximum absolute atomic E-state index is 12.5. The predicted molar refractivity (Wildman–Crippen MR) is 112 cm³/mol. The van der Waals surface area contributed by atoms with Crippen LogP contribution in [0.2, 0.25) is 10.0 Å². The molecule has 2 aromatic carbocycles. The molecule has 1 aliphatic heterocycles. The highest BCUT2D eigenvalue weighted by atomic mass is 35.5. The fourth-order valence-electron chi connectivity index (χ4n) is 3.19. The molecule has 3 rings (SSSR count). The number of carbonyl (C=O) groups is 2. The van der Waals surface area contributed by atoms with Crippen LogP contribution in [0, 0.1) is 0 Å². The Labute approximate surface area is 186 Å². The largest absolute Gasteiger partial charge is 0.494 e. The van der Waals surface area contributed by atoms with Crippen LogP contribution < -0.4 is 15.0 Å². The number of nitrogens with one attached hydrogen (secondary N) is 1. The summed E-state index contributed by atoms with van der Waals surface area (Å²) in [6.45, 7) is 0.512. The Bertz CT molecular complexity index is 953. The summed E-state index contributed by atoms with van der Waals surface area (Å²) in [5, 5.41) is 3.14. The van der Waals surface area contributed by atoms with Crippen LogP contribution in [0.5, 0.6) is 5.75 Å². The summed E-state index contributed by atoms with van der Waals surface area (Å²) in [4.78, 5) is 26.5. The van der Waals surface area contributed by atoms with Gasteiger partial charge < -0.3 is 19.9 Å². The van der Waals surface area contributed by atoms with E-state index in [0.29, 0.717) is 5.69 Å². The molecule has 6 nitrogen and oxygen atoms in total. The van der Waals surface area contributed by atoms with Crippen molar-refractivity contribution in [2.24, 2.45) is 0 Å². The van der Waals surface area contributed by atoms with Crippen LogP contribution in [0.15, 0.2) is 36.4 Å². The van der Waals surface area contributed by atoms with E-state index in [9.17, 15) is 22.8 Å². The van der Waals surface area contributed by atoms with Crippen LogP contribution in [0.1, 0.15) is 10.4 Å². The van der Waals surface area contributed by atoms with Gasteiger partial charge in [-0.05, 0) is 36.4 Å². The van der Waals surface area contributed by atoms with Crippen molar-refractivity contribution < 1.29 is 27.5 Å². The lowest BCUT2D eigenvalue weighted by Gasteiger charge is -2.36. The van der Waals surface area contributed by atoms with Gasteiger partial charge in [0.25, 0.3) is 5.91 Å². The topological polar surface area (TPSA) is 61.9 Å². The second-order valence-corrected chi connectivity index (χ2v) is 7.57. The molecule has 2 aromatic rings. The van der Waals surface area contributed by atoms with Gasteiger partial charge in [-0.15, -0.1) is 0 Å². The number of hydrogen-bond acceptors (Lipinski definition) is 4. The van der Waals surface area contributed by atoms with Crippen LogP contribution in [0.4, 0.5) is 24.5 Å². The molecule has 31 heavy (non-hydrogen) atoms. The van der Waals surface area contributed by atoms with Gasteiger partial charge in [0.2, 0.25) is 0 Å². The van der Waals surface area contributed by atoms with Crippen LogP contribution in [-0.2, 0) is 4.79 Å². The first kappa shape index (κ1) is 23.0. The summed E-state index contributed by atoms with van der Waals surface area (Å²) >= 11 is 12.1. The van der Waals surface area contributed by atoms with E-state index in [2.05, 4.69) is 5.32 Å². The summed E-state index contributed by atoms with van der Waals surface area (Å²) in [5.41, 5.74) is 1.54. The third-order valence-electron chi connectivity index (χ3n) is 4.76. The highest BCUT2D eigenvalue weighted by Crippen LogP contribution is 2.34. The Morgan fingerprint density at radius 1 is 1.00 bits per heavy atom. The van der Waals surface area contributed by atoms with Crippen molar-refractivity contribution >= 4 is 46.4 Å². The molecule has 2 amide bonds. The summed E-state index contributed by atoms with van der Waals surface area (Å²) in [6, 6.07) is 9.71. The first-order chi connectivity index (χ1) is 14.6. The minimum absolute atomic E-state index is 0.0180. The predicted octanol–water partition coefficient (Wildman–Crippen LogP) is 4.47. The quantitative estimate of drug-likeness (QED) is 0.708. The molecule has 1 heterocycles. The molecule has 1 N–H and O–H groups in total. The Morgan fingerprint density at radius 2 is 1.55 bits per heavy atom. The molecular weight excluding hydrogens is 458 g/mol. The molecule has 0 atom stereocenters. The maximum Gasteiger partial charge on any atom is 0.471 e. The molecule has 166 valence electrons. The van der Waals surface area contributed by atoms with Crippen molar-refractivity contribution in [3.05, 3.63) is 52.0 Å². The molecule has 1 fully saturated rings. The number of piperazine rings is 1. The highest BCUT2D eigenvalue weighted by molar-refractivity contribution is 6.37. The molecule has 1 saturated heterocycles. The lowest BCUT2D eigenvalue weighted by atomic mass is 10.2. The van der Waals surface area contributed by atoms with Crippen molar-refractivity contribution in [3.63, 3.8) is 0 Å². The number of benzene rings is 2. The van der Waals surface area contributed by atoms with Crippen LogP contribution in [-0.4, -0.2) is 56.2 Å². The van der Waals surface area contributed by atoms with Crippen molar-refractivity contribution in [1.29, 1.82) is 0 Å². The Kier molecular flexibility index (Phi) is 6.86. The van der Waals surface area contributed by atoms with E-state index in [0.717, 1.165) is 10.6 Å². The van der Waals surface area contributed by atoms with Gasteiger partial charge in [0.15, 0.2) is 5.75 Å². The van der Waals surface area contributed by atoms with Gasteiger partial charge >= 0.3 is 12.1 Å². The van der Waals surface area contributed by atoms with Crippen molar-refractivity contribution in [2.45, 2.75) is 6.18 Å². The van der Waals surface area contributed by atoms with Crippen LogP contribution >= 0.6 is 23.2 Å². The molecular formula is C20H18Cl2F3N3O3. The molecule has 0 bridgehead atoms. The summed E-state index contributed by atoms with van der Waals surface area (Å²) < 4.78 is 42.7. The monoisotopic (exact) mass is 475 g/mol. The van der Waals surface area contributed by atoms with E-state index in [1.165, 1.54) is 19.2 Å². The zero-order chi connectivity index (χ0) is 22.8. The number of amides is 2. The molecule has 0 unspecified atom stereocenters. The normalized spacial score (nSPS) is 14.4. The van der Waals surface area contributed by atoms with Crippen LogP contribution in [0.25, 0.3) is 0 Å². The Balaban J connectivity index is 1.61. The van der Waals surface area contributed by atoms with E-state index in [4.69, 9.17) is 27.9 Å². The minimum atomic E-state index is -4.86. The molecule has 0 saturated carbocycles. The number of carbonyl (C=O) groups excluding carboxylic acids is 2. The second-order valence-electron chi connectivity index (χ2n) is 6.75. The number of methoxy groups -OCH3 is 1. The first-order valence-electron chi connectivity index (χ1n) is 9.15. The highest BCUT2D eigenvalue weighted by Gasteiger charge is 2.43. The van der Waals surface area contributed by atoms with E-state index >= 15 is 0 Å². The number of nitrogens with zero attached hydrogens (tertiary/aromatic N) is 2. The van der Waals surface area contributed by atoms with Gasteiger partial charge in [0, 0.05) is 43.1 Å². The van der Waals surface area contributed by atoms with Gasteiger partial charge in [0.05, 0.1) is 17.2 Å². The SMILES string of the molecule is COc1c(Cl)cc(C(=O)Nc2ccc(N3CCN(C(=O)C(F)(F)F)CC3)cc2)cc1Cl. The number of hydrogen-bond donors (Lipinski definition) is 1. The first-order valence-corrected chi connectivity index (χ1v) is 9.91. The third kappa shape index (κ3) is 5.34. The van der Waals surface area contributed by atoms with E-state index < -0.39 is 18.0 Å². The zero-order valence-electron chi connectivity index (χ0n) is 16.3. The van der Waals surface area contributed by atoms with E-state index in [1.54, 1.807) is 24.3 Å². The molecule has 0 spiro atoms. The van der Waals surface area contributed by atoms with Gasteiger partial charge in [-0.25, -0.2) is 0 Å². The van der Waals surface area contributed by atoms with Gasteiger partial charge in [0.1, 0.15) is 0 Å². The second kappa shape index (κ2) is 9.23. The molecule has 11 heteroatoms. The van der Waals surface area contributed by atoms with E-state index in [-0.39, 0.29) is 47.5 Å². The molecule has 0 radical (unpaired) electrons. The number of halogens is 5. The number of anilines is 2. The van der Waals surface area contributed by atoms with Crippen molar-refractivity contribution in [3.8, 4) is 5.75 Å². The average molecular weight is 476 g/mol. The van der Waals surface area contributed by atoms with Crippen molar-refractivity contribution in [1.82, 2.24) is 4.90 Å².